The molecule has 0 spiro atoms. The van der Waals surface area contributed by atoms with Gasteiger partial charge in [-0.2, -0.15) is 5.10 Å². The second-order valence-corrected chi connectivity index (χ2v) is 3.06. The predicted molar refractivity (Wildman–Crippen MR) is 48.1 cm³/mol. The third-order valence-corrected chi connectivity index (χ3v) is 2.02. The molecule has 0 fully saturated rings. The van der Waals surface area contributed by atoms with Crippen molar-refractivity contribution in [1.29, 1.82) is 0 Å². The number of nitrogens with zero attached hydrogens (tertiary/aromatic N) is 1. The Bertz CT molecular complexity index is 392. The Kier molecular flexibility index (Phi) is 1.39. The zero-order chi connectivity index (χ0) is 7.84. The van der Waals surface area contributed by atoms with Crippen LogP contribution in [-0.2, 0) is 0 Å². The maximum absolute atomic E-state index is 4.24. The Labute approximate surface area is 70.0 Å². The summed E-state index contributed by atoms with van der Waals surface area (Å²) in [5.74, 6) is 0. The number of aryl methyl sites for hydroxylation is 1. The van der Waals surface area contributed by atoms with E-state index in [4.69, 9.17) is 0 Å². The van der Waals surface area contributed by atoms with E-state index >= 15 is 0 Å². The number of aromatic nitrogens is 2. The average molecular weight is 164 g/mol. The number of thiol groups is 1. The lowest BCUT2D eigenvalue weighted by atomic mass is 10.2. The quantitative estimate of drug-likeness (QED) is 0.574. The average Bonchev–Trinajstić information content (AvgIpc) is 2.33. The topological polar surface area (TPSA) is 28.7 Å². The van der Waals surface area contributed by atoms with Gasteiger partial charge in [0.05, 0.1) is 11.2 Å². The first-order valence-corrected chi connectivity index (χ1v) is 3.86. The van der Waals surface area contributed by atoms with Crippen molar-refractivity contribution >= 4 is 23.5 Å². The van der Waals surface area contributed by atoms with E-state index in [0.717, 1.165) is 21.5 Å². The molecule has 0 saturated carbocycles. The molecule has 0 amide bonds. The van der Waals surface area contributed by atoms with E-state index in [-0.39, 0.29) is 0 Å². The number of rotatable bonds is 0. The van der Waals surface area contributed by atoms with Gasteiger partial charge in [-0.1, -0.05) is 0 Å². The third-order valence-electron chi connectivity index (χ3n) is 1.74. The minimum absolute atomic E-state index is 0.974. The van der Waals surface area contributed by atoms with Crippen molar-refractivity contribution in [1.82, 2.24) is 10.2 Å². The summed E-state index contributed by atoms with van der Waals surface area (Å²) in [5, 5.41) is 8.16. The Balaban J connectivity index is 2.87. The fraction of sp³-hybridized carbons (Fsp3) is 0.125. The number of aromatic amines is 1. The molecule has 1 heterocycles. The number of hydrogen-bond acceptors (Lipinski definition) is 2. The highest BCUT2D eigenvalue weighted by molar-refractivity contribution is 7.80. The minimum Gasteiger partial charge on any atom is -0.278 e. The normalized spacial score (nSPS) is 10.7. The van der Waals surface area contributed by atoms with Crippen molar-refractivity contribution in [2.45, 2.75) is 11.8 Å². The third kappa shape index (κ3) is 1.01. The highest BCUT2D eigenvalue weighted by atomic mass is 32.1. The summed E-state index contributed by atoms with van der Waals surface area (Å²) in [4.78, 5) is 0.974. The molecule has 1 aromatic carbocycles. The van der Waals surface area contributed by atoms with E-state index in [2.05, 4.69) is 22.8 Å². The lowest BCUT2D eigenvalue weighted by Gasteiger charge is -1.90. The zero-order valence-corrected chi connectivity index (χ0v) is 7.02. The van der Waals surface area contributed by atoms with Crippen LogP contribution in [0.25, 0.3) is 10.9 Å². The van der Waals surface area contributed by atoms with Crippen LogP contribution >= 0.6 is 12.6 Å². The largest absolute Gasteiger partial charge is 0.278 e. The fourth-order valence-electron chi connectivity index (χ4n) is 1.13. The van der Waals surface area contributed by atoms with Crippen molar-refractivity contribution < 1.29 is 0 Å². The predicted octanol–water partition coefficient (Wildman–Crippen LogP) is 2.16. The molecule has 56 valence electrons. The van der Waals surface area contributed by atoms with E-state index in [1.807, 2.05) is 25.1 Å². The first kappa shape index (κ1) is 6.73. The maximum atomic E-state index is 4.24. The molecule has 0 radical (unpaired) electrons. The Morgan fingerprint density at radius 1 is 1.45 bits per heavy atom. The van der Waals surface area contributed by atoms with Crippen LogP contribution in [0.1, 0.15) is 5.69 Å². The molecular formula is C8H8N2S. The molecule has 0 atom stereocenters. The first-order chi connectivity index (χ1) is 5.27. The van der Waals surface area contributed by atoms with Crippen LogP contribution in [-0.4, -0.2) is 10.2 Å². The fourth-order valence-corrected chi connectivity index (χ4v) is 1.34. The minimum atomic E-state index is 0.974. The van der Waals surface area contributed by atoms with Crippen LogP contribution in [0.3, 0.4) is 0 Å². The molecule has 0 aliphatic carbocycles. The molecule has 2 nitrogen and oxygen atoms in total. The van der Waals surface area contributed by atoms with E-state index in [1.54, 1.807) is 0 Å². The monoisotopic (exact) mass is 164 g/mol. The molecule has 2 aromatic rings. The highest BCUT2D eigenvalue weighted by Gasteiger charge is 1.99. The number of nitrogens with one attached hydrogen (secondary N) is 1. The molecular weight excluding hydrogens is 156 g/mol. The van der Waals surface area contributed by atoms with Gasteiger partial charge in [-0.05, 0) is 25.1 Å². The summed E-state index contributed by atoms with van der Waals surface area (Å²) in [7, 11) is 0. The van der Waals surface area contributed by atoms with Gasteiger partial charge < -0.3 is 0 Å². The summed E-state index contributed by atoms with van der Waals surface area (Å²) in [6.07, 6.45) is 0. The summed E-state index contributed by atoms with van der Waals surface area (Å²) < 4.78 is 0. The van der Waals surface area contributed by atoms with Crippen LogP contribution in [0, 0.1) is 6.92 Å². The lowest BCUT2D eigenvalue weighted by molar-refractivity contribution is 1.07. The number of H-pyrrole nitrogens is 1. The molecule has 0 aliphatic rings. The van der Waals surface area contributed by atoms with Gasteiger partial charge >= 0.3 is 0 Å². The van der Waals surface area contributed by atoms with Crippen LogP contribution in [0.15, 0.2) is 23.1 Å². The molecule has 0 aliphatic heterocycles. The molecule has 1 N–H and O–H groups in total. The highest BCUT2D eigenvalue weighted by Crippen LogP contribution is 2.18. The van der Waals surface area contributed by atoms with Crippen molar-refractivity contribution in [3.8, 4) is 0 Å². The maximum Gasteiger partial charge on any atom is 0.0670 e. The van der Waals surface area contributed by atoms with Gasteiger partial charge in [-0.3, -0.25) is 5.10 Å². The van der Waals surface area contributed by atoms with Gasteiger partial charge in [0.15, 0.2) is 0 Å². The van der Waals surface area contributed by atoms with Gasteiger partial charge in [0.1, 0.15) is 0 Å². The molecule has 0 unspecified atom stereocenters. The van der Waals surface area contributed by atoms with Crippen molar-refractivity contribution in [3.63, 3.8) is 0 Å². The number of fused-ring (bicyclic) bond motifs is 1. The van der Waals surface area contributed by atoms with Gasteiger partial charge in [-0.15, -0.1) is 12.6 Å². The molecule has 11 heavy (non-hydrogen) atoms. The summed E-state index contributed by atoms with van der Waals surface area (Å²) >= 11 is 4.24. The Hall–Kier alpha value is -0.960. The number of hydrogen-bond donors (Lipinski definition) is 2. The second kappa shape index (κ2) is 2.27. The zero-order valence-electron chi connectivity index (χ0n) is 6.13. The standard InChI is InChI=1S/C8H8N2S/c1-5-7-4-6(11)2-3-8(7)10-9-5/h2-4,11H,1H3,(H,9,10). The van der Waals surface area contributed by atoms with Crippen molar-refractivity contribution in [2.75, 3.05) is 0 Å². The van der Waals surface area contributed by atoms with Crippen molar-refractivity contribution in [3.05, 3.63) is 23.9 Å². The molecule has 3 heteroatoms. The van der Waals surface area contributed by atoms with E-state index < -0.39 is 0 Å². The summed E-state index contributed by atoms with van der Waals surface area (Å²) in [6.45, 7) is 1.98. The van der Waals surface area contributed by atoms with E-state index in [1.165, 1.54) is 0 Å². The molecule has 2 rings (SSSR count). The first-order valence-electron chi connectivity index (χ1n) is 3.41. The summed E-state index contributed by atoms with van der Waals surface area (Å²) in [5.41, 5.74) is 2.09. The second-order valence-electron chi connectivity index (χ2n) is 2.54. The van der Waals surface area contributed by atoms with Gasteiger partial charge in [0.25, 0.3) is 0 Å². The van der Waals surface area contributed by atoms with Crippen LogP contribution in [0.5, 0.6) is 0 Å². The summed E-state index contributed by atoms with van der Waals surface area (Å²) in [6, 6.07) is 5.94. The Morgan fingerprint density at radius 3 is 3.09 bits per heavy atom. The molecule has 0 bridgehead atoms. The van der Waals surface area contributed by atoms with E-state index in [9.17, 15) is 0 Å². The smallest absolute Gasteiger partial charge is 0.0670 e. The van der Waals surface area contributed by atoms with Crippen LogP contribution in [0.2, 0.25) is 0 Å². The lowest BCUT2D eigenvalue weighted by Crippen LogP contribution is -1.69. The number of benzene rings is 1. The van der Waals surface area contributed by atoms with E-state index in [0.29, 0.717) is 0 Å². The Morgan fingerprint density at radius 2 is 2.27 bits per heavy atom. The molecule has 0 saturated heterocycles. The van der Waals surface area contributed by atoms with Crippen LogP contribution < -0.4 is 0 Å². The SMILES string of the molecule is Cc1n[nH]c2ccc(S)cc12. The van der Waals surface area contributed by atoms with Crippen molar-refractivity contribution in [2.24, 2.45) is 0 Å². The van der Waals surface area contributed by atoms with Gasteiger partial charge in [0, 0.05) is 10.3 Å². The van der Waals surface area contributed by atoms with Crippen LogP contribution in [0.4, 0.5) is 0 Å². The molecule has 1 aromatic heterocycles. The van der Waals surface area contributed by atoms with Gasteiger partial charge in [0.2, 0.25) is 0 Å². The van der Waals surface area contributed by atoms with Gasteiger partial charge in [-0.25, -0.2) is 0 Å².